The zero-order valence-electron chi connectivity index (χ0n) is 15.0. The number of hydrogen-bond acceptors (Lipinski definition) is 1. The van der Waals surface area contributed by atoms with Gasteiger partial charge in [-0.05, 0) is 46.2 Å². The van der Waals surface area contributed by atoms with Crippen LogP contribution < -0.4 is 4.74 Å². The van der Waals surface area contributed by atoms with Gasteiger partial charge in [-0.1, -0.05) is 59.7 Å². The van der Waals surface area contributed by atoms with Crippen molar-refractivity contribution < 1.29 is 9.13 Å². The fraction of sp³-hybridized carbons (Fsp3) is 0.429. The summed E-state index contributed by atoms with van der Waals surface area (Å²) >= 11 is 0. The van der Waals surface area contributed by atoms with Crippen LogP contribution in [0.5, 0.6) is 5.75 Å². The first-order chi connectivity index (χ1) is 10.6. The highest BCUT2D eigenvalue weighted by Gasteiger charge is 2.17. The predicted octanol–water partition coefficient (Wildman–Crippen LogP) is 6.00. The molecule has 23 heavy (non-hydrogen) atoms. The van der Waals surface area contributed by atoms with E-state index in [1.54, 1.807) is 0 Å². The number of benzene rings is 2. The van der Waals surface area contributed by atoms with Gasteiger partial charge in [0.1, 0.15) is 18.2 Å². The molecule has 0 aliphatic rings. The van der Waals surface area contributed by atoms with Gasteiger partial charge in [-0.2, -0.15) is 0 Å². The quantitative estimate of drug-likeness (QED) is 0.675. The average Bonchev–Trinajstić information content (AvgIpc) is 2.44. The second-order valence-corrected chi connectivity index (χ2v) is 8.12. The average molecular weight is 314 g/mol. The molecule has 0 saturated carbocycles. The van der Waals surface area contributed by atoms with Crippen LogP contribution in [0.2, 0.25) is 0 Å². The Morgan fingerprint density at radius 3 is 2.04 bits per heavy atom. The third-order valence-electron chi connectivity index (χ3n) is 4.01. The highest BCUT2D eigenvalue weighted by atomic mass is 19.1. The van der Waals surface area contributed by atoms with Crippen molar-refractivity contribution >= 4 is 0 Å². The van der Waals surface area contributed by atoms with Crippen LogP contribution >= 0.6 is 0 Å². The molecule has 0 aliphatic carbocycles. The van der Waals surface area contributed by atoms with Crippen LogP contribution in [0.25, 0.3) is 0 Å². The maximum Gasteiger partial charge on any atom is 0.129 e. The number of hydrogen-bond donors (Lipinski definition) is 0. The fourth-order valence-corrected chi connectivity index (χ4v) is 2.37. The highest BCUT2D eigenvalue weighted by molar-refractivity contribution is 5.34. The first-order valence-electron chi connectivity index (χ1n) is 8.09. The van der Waals surface area contributed by atoms with Crippen molar-refractivity contribution in [1.82, 2.24) is 0 Å². The Kier molecular flexibility index (Phi) is 4.84. The molecule has 0 spiro atoms. The third-order valence-corrected chi connectivity index (χ3v) is 4.01. The minimum absolute atomic E-state index is 0.00536. The lowest BCUT2D eigenvalue weighted by Crippen LogP contribution is -2.13. The van der Waals surface area contributed by atoms with Crippen molar-refractivity contribution in [3.63, 3.8) is 0 Å². The molecule has 0 fully saturated rings. The Hall–Kier alpha value is -1.83. The van der Waals surface area contributed by atoms with Gasteiger partial charge in [-0.15, -0.1) is 0 Å². The zero-order valence-corrected chi connectivity index (χ0v) is 15.0. The van der Waals surface area contributed by atoms with Gasteiger partial charge in [0.15, 0.2) is 0 Å². The zero-order chi connectivity index (χ0) is 17.3. The van der Waals surface area contributed by atoms with Crippen LogP contribution in [-0.2, 0) is 17.4 Å². The van der Waals surface area contributed by atoms with E-state index < -0.39 is 0 Å². The van der Waals surface area contributed by atoms with Crippen LogP contribution in [0.4, 0.5) is 4.39 Å². The van der Waals surface area contributed by atoms with E-state index in [-0.39, 0.29) is 23.3 Å². The number of rotatable bonds is 3. The SMILES string of the molecule is CC(C)(C)c1cccc(OCc2cc(C(C)(C)C)ccc2F)c1. The van der Waals surface area contributed by atoms with Gasteiger partial charge in [0.2, 0.25) is 0 Å². The van der Waals surface area contributed by atoms with Gasteiger partial charge < -0.3 is 4.74 Å². The molecule has 0 heterocycles. The van der Waals surface area contributed by atoms with E-state index in [1.165, 1.54) is 11.6 Å². The summed E-state index contributed by atoms with van der Waals surface area (Å²) in [5.41, 5.74) is 2.98. The molecule has 124 valence electrons. The lowest BCUT2D eigenvalue weighted by molar-refractivity contribution is 0.298. The minimum Gasteiger partial charge on any atom is -0.489 e. The molecule has 0 aliphatic heterocycles. The van der Waals surface area contributed by atoms with E-state index in [1.807, 2.05) is 30.3 Å². The molecule has 0 unspecified atom stereocenters. The normalized spacial score (nSPS) is 12.3. The minimum atomic E-state index is -0.218. The second-order valence-electron chi connectivity index (χ2n) is 8.12. The van der Waals surface area contributed by atoms with Crippen molar-refractivity contribution in [2.75, 3.05) is 0 Å². The first-order valence-corrected chi connectivity index (χ1v) is 8.09. The molecule has 0 saturated heterocycles. The van der Waals surface area contributed by atoms with Crippen LogP contribution in [-0.4, -0.2) is 0 Å². The van der Waals surface area contributed by atoms with Gasteiger partial charge in [-0.25, -0.2) is 4.39 Å². The first kappa shape index (κ1) is 17.5. The molecule has 0 radical (unpaired) electrons. The molecular weight excluding hydrogens is 287 g/mol. The maximum atomic E-state index is 14.0. The van der Waals surface area contributed by atoms with Gasteiger partial charge in [0, 0.05) is 5.56 Å². The highest BCUT2D eigenvalue weighted by Crippen LogP contribution is 2.27. The monoisotopic (exact) mass is 314 g/mol. The van der Waals surface area contributed by atoms with E-state index in [9.17, 15) is 4.39 Å². The Morgan fingerprint density at radius 2 is 1.43 bits per heavy atom. The van der Waals surface area contributed by atoms with E-state index in [0.29, 0.717) is 5.56 Å². The number of ether oxygens (including phenoxy) is 1. The Bertz CT molecular complexity index is 675. The molecule has 2 aromatic rings. The van der Waals surface area contributed by atoms with Gasteiger partial charge in [0.05, 0.1) is 0 Å². The largest absolute Gasteiger partial charge is 0.489 e. The number of halogens is 1. The van der Waals surface area contributed by atoms with Crippen LogP contribution in [0.3, 0.4) is 0 Å². The molecule has 0 atom stereocenters. The molecule has 0 N–H and O–H groups in total. The Balaban J connectivity index is 2.18. The van der Waals surface area contributed by atoms with Crippen LogP contribution in [0, 0.1) is 5.82 Å². The molecule has 0 amide bonds. The summed E-state index contributed by atoms with van der Waals surface area (Å²) in [5, 5.41) is 0. The topological polar surface area (TPSA) is 9.23 Å². The Labute approximate surface area is 139 Å². The summed E-state index contributed by atoms with van der Waals surface area (Å²) in [6.45, 7) is 13.1. The lowest BCUT2D eigenvalue weighted by atomic mass is 9.86. The fourth-order valence-electron chi connectivity index (χ4n) is 2.37. The molecule has 1 nitrogen and oxygen atoms in total. The van der Waals surface area contributed by atoms with E-state index in [2.05, 4.69) is 47.6 Å². The van der Waals surface area contributed by atoms with Crippen molar-refractivity contribution in [3.8, 4) is 5.75 Å². The van der Waals surface area contributed by atoms with E-state index in [4.69, 9.17) is 4.74 Å². The third kappa shape index (κ3) is 4.57. The van der Waals surface area contributed by atoms with E-state index in [0.717, 1.165) is 11.3 Å². The van der Waals surface area contributed by atoms with Gasteiger partial charge >= 0.3 is 0 Å². The van der Waals surface area contributed by atoms with Crippen LogP contribution in [0.1, 0.15) is 58.2 Å². The molecule has 2 aromatic carbocycles. The van der Waals surface area contributed by atoms with Crippen molar-refractivity contribution in [2.24, 2.45) is 0 Å². The maximum absolute atomic E-state index is 14.0. The van der Waals surface area contributed by atoms with Crippen molar-refractivity contribution in [1.29, 1.82) is 0 Å². The predicted molar refractivity (Wildman–Crippen MR) is 94.6 cm³/mol. The van der Waals surface area contributed by atoms with Gasteiger partial charge in [0.25, 0.3) is 0 Å². The van der Waals surface area contributed by atoms with Crippen molar-refractivity contribution in [2.45, 2.75) is 59.0 Å². The summed E-state index contributed by atoms with van der Waals surface area (Å²) in [6, 6.07) is 13.3. The lowest BCUT2D eigenvalue weighted by Gasteiger charge is -2.21. The summed E-state index contributed by atoms with van der Waals surface area (Å²) < 4.78 is 19.9. The molecule has 2 heteroatoms. The molecule has 0 aromatic heterocycles. The Morgan fingerprint density at radius 1 is 0.826 bits per heavy atom. The van der Waals surface area contributed by atoms with Crippen molar-refractivity contribution in [3.05, 3.63) is 65.0 Å². The van der Waals surface area contributed by atoms with Crippen LogP contribution in [0.15, 0.2) is 42.5 Å². The molecule has 2 rings (SSSR count). The second kappa shape index (κ2) is 6.35. The smallest absolute Gasteiger partial charge is 0.129 e. The van der Waals surface area contributed by atoms with E-state index >= 15 is 0 Å². The standard InChI is InChI=1S/C21H27FO/c1-20(2,3)16-8-7-9-18(13-16)23-14-15-12-17(21(4,5)6)10-11-19(15)22/h7-13H,14H2,1-6H3. The summed E-state index contributed by atoms with van der Waals surface area (Å²) in [5.74, 6) is 0.558. The summed E-state index contributed by atoms with van der Waals surface area (Å²) in [4.78, 5) is 0. The molecule has 0 bridgehead atoms. The summed E-state index contributed by atoms with van der Waals surface area (Å²) in [6.07, 6.45) is 0. The van der Waals surface area contributed by atoms with Gasteiger partial charge in [-0.3, -0.25) is 0 Å². The molecular formula is C21H27FO. The summed E-state index contributed by atoms with van der Waals surface area (Å²) in [7, 11) is 0.